The van der Waals surface area contributed by atoms with Crippen molar-refractivity contribution in [3.05, 3.63) is 23.3 Å². The minimum atomic E-state index is -6.08. The fraction of sp³-hybridized carbons (Fsp3) is 0.538. The predicted molar refractivity (Wildman–Crippen MR) is 88.2 cm³/mol. The summed E-state index contributed by atoms with van der Waals surface area (Å²) in [4.78, 5) is 1.10. The van der Waals surface area contributed by atoms with Crippen molar-refractivity contribution < 1.29 is 34.2 Å². The van der Waals surface area contributed by atoms with E-state index in [0.29, 0.717) is 4.13 Å². The van der Waals surface area contributed by atoms with Crippen molar-refractivity contribution in [2.24, 2.45) is 0 Å². The van der Waals surface area contributed by atoms with Crippen LogP contribution in [0.1, 0.15) is 24.0 Å². The van der Waals surface area contributed by atoms with E-state index in [1.165, 1.54) is 12.1 Å². The van der Waals surface area contributed by atoms with Crippen molar-refractivity contribution in [1.82, 2.24) is 4.13 Å². The van der Waals surface area contributed by atoms with Crippen molar-refractivity contribution in [3.63, 3.8) is 0 Å². The lowest BCUT2D eigenvalue weighted by atomic mass is 10.1. The van der Waals surface area contributed by atoms with E-state index in [4.69, 9.17) is 0 Å². The lowest BCUT2D eigenvalue weighted by Gasteiger charge is -2.13. The first-order chi connectivity index (χ1) is 11.3. The van der Waals surface area contributed by atoms with Gasteiger partial charge in [-0.15, -0.1) is 0 Å². The molecule has 0 atom stereocenters. The molecular weight excluding hydrogens is 403 g/mol. The predicted octanol–water partition coefficient (Wildman–Crippen LogP) is 2.14. The molecule has 0 spiro atoms. The molecule has 2 rings (SSSR count). The summed E-state index contributed by atoms with van der Waals surface area (Å²) in [6, 6.07) is 2.76. The van der Waals surface area contributed by atoms with Gasteiger partial charge in [0, 0.05) is 22.0 Å². The highest BCUT2D eigenvalue weighted by molar-refractivity contribution is 8.03. The molecule has 25 heavy (non-hydrogen) atoms. The monoisotopic (exact) mass is 420 g/mol. The molecule has 0 aromatic heterocycles. The SMILES string of the molecule is Cc1cc(OS(=O)(=O)NS(=O)(=O)C(F)(F)F)cc(C)c1[S+]1CCCC1. The molecule has 1 aromatic rings. The Labute approximate surface area is 147 Å². The summed E-state index contributed by atoms with van der Waals surface area (Å²) in [7, 11) is -11.2. The molecule has 1 aliphatic heterocycles. The number of rotatable bonds is 5. The Morgan fingerprint density at radius 3 is 1.96 bits per heavy atom. The third kappa shape index (κ3) is 4.80. The van der Waals surface area contributed by atoms with Crippen LogP contribution in [0.15, 0.2) is 17.0 Å². The molecule has 0 amide bonds. The first-order valence-electron chi connectivity index (χ1n) is 7.15. The second kappa shape index (κ2) is 6.97. The Kier molecular flexibility index (Phi) is 5.67. The summed E-state index contributed by atoms with van der Waals surface area (Å²) in [5, 5.41) is 0. The maximum Gasteiger partial charge on any atom is 0.512 e. The zero-order valence-corrected chi connectivity index (χ0v) is 15.8. The van der Waals surface area contributed by atoms with Gasteiger partial charge in [0.15, 0.2) is 4.90 Å². The van der Waals surface area contributed by atoms with E-state index in [0.717, 1.165) is 40.4 Å². The van der Waals surface area contributed by atoms with E-state index in [2.05, 4.69) is 4.18 Å². The zero-order valence-electron chi connectivity index (χ0n) is 13.4. The number of hydrogen-bond acceptors (Lipinski definition) is 5. The summed E-state index contributed by atoms with van der Waals surface area (Å²) in [6.07, 6.45) is 2.24. The van der Waals surface area contributed by atoms with E-state index in [9.17, 15) is 30.0 Å². The fourth-order valence-corrected chi connectivity index (χ4v) is 7.28. The first kappa shape index (κ1) is 20.3. The Balaban J connectivity index is 2.25. The number of benzene rings is 1. The van der Waals surface area contributed by atoms with Crippen LogP contribution in [0.3, 0.4) is 0 Å². The average molecular weight is 420 g/mol. The van der Waals surface area contributed by atoms with E-state index in [1.54, 1.807) is 13.8 Å². The molecule has 6 nitrogen and oxygen atoms in total. The van der Waals surface area contributed by atoms with Crippen LogP contribution in [0.2, 0.25) is 0 Å². The van der Waals surface area contributed by atoms with Gasteiger partial charge >= 0.3 is 25.8 Å². The lowest BCUT2D eigenvalue weighted by Crippen LogP contribution is -2.42. The van der Waals surface area contributed by atoms with Crippen molar-refractivity contribution in [2.75, 3.05) is 11.5 Å². The van der Waals surface area contributed by atoms with Gasteiger partial charge in [-0.05, 0) is 38.8 Å². The molecule has 1 aliphatic rings. The first-order valence-corrected chi connectivity index (χ1v) is 11.6. The highest BCUT2D eigenvalue weighted by Gasteiger charge is 2.49. The molecule has 12 heteroatoms. The van der Waals surface area contributed by atoms with E-state index in [1.807, 2.05) is 0 Å². The standard InChI is InChI=1S/C13H17F3NO5S3/c1-9-7-11(8-10(2)12(9)23-5-3-4-6-23)22-25(20,21)17-24(18,19)13(14,15)16/h7-8,17H,3-6H2,1-2H3/q+1. The number of halogens is 3. The molecule has 142 valence electrons. The molecule has 1 aromatic carbocycles. The minimum absolute atomic E-state index is 0.0618. The second-order valence-corrected chi connectivity index (χ2v) is 11.0. The van der Waals surface area contributed by atoms with Crippen LogP contribution in [0.5, 0.6) is 5.75 Å². The molecular formula is C13H17F3NO5S3+. The van der Waals surface area contributed by atoms with Crippen molar-refractivity contribution in [1.29, 1.82) is 0 Å². The number of sulfonamides is 1. The Morgan fingerprint density at radius 2 is 1.52 bits per heavy atom. The van der Waals surface area contributed by atoms with Gasteiger partial charge < -0.3 is 4.18 Å². The molecule has 0 saturated carbocycles. The van der Waals surface area contributed by atoms with Crippen LogP contribution in [0, 0.1) is 13.8 Å². The minimum Gasteiger partial charge on any atom is -0.370 e. The van der Waals surface area contributed by atoms with E-state index < -0.39 is 25.8 Å². The number of aryl methyl sites for hydroxylation is 2. The fourth-order valence-electron chi connectivity index (χ4n) is 2.60. The third-order valence-corrected chi connectivity index (χ3v) is 8.98. The van der Waals surface area contributed by atoms with Crippen LogP contribution >= 0.6 is 0 Å². The van der Waals surface area contributed by atoms with Crippen LogP contribution in [-0.4, -0.2) is 33.8 Å². The molecule has 0 radical (unpaired) electrons. The van der Waals surface area contributed by atoms with Gasteiger partial charge in [0.05, 0.1) is 0 Å². The van der Waals surface area contributed by atoms with Gasteiger partial charge in [-0.1, -0.05) is 4.13 Å². The van der Waals surface area contributed by atoms with Crippen LogP contribution in [0.25, 0.3) is 0 Å². The normalized spacial score (nSPS) is 17.0. The summed E-state index contributed by atoms with van der Waals surface area (Å²) in [5.41, 5.74) is -4.24. The Morgan fingerprint density at radius 1 is 1.04 bits per heavy atom. The summed E-state index contributed by atoms with van der Waals surface area (Å²) < 4.78 is 87.0. The molecule has 0 unspecified atom stereocenters. The summed E-state index contributed by atoms with van der Waals surface area (Å²) >= 11 is 0. The van der Waals surface area contributed by atoms with Gasteiger partial charge in [0.2, 0.25) is 0 Å². The van der Waals surface area contributed by atoms with Gasteiger partial charge in [-0.25, -0.2) is 8.42 Å². The molecule has 0 aliphatic carbocycles. The molecule has 1 N–H and O–H groups in total. The molecule has 1 heterocycles. The van der Waals surface area contributed by atoms with Crippen LogP contribution in [0.4, 0.5) is 13.2 Å². The van der Waals surface area contributed by atoms with Gasteiger partial charge in [0.1, 0.15) is 17.3 Å². The highest BCUT2D eigenvalue weighted by atomic mass is 32.3. The second-order valence-electron chi connectivity index (χ2n) is 5.56. The Hall–Kier alpha value is -0.980. The zero-order chi connectivity index (χ0) is 19.0. The Bertz CT molecular complexity index is 836. The maximum atomic E-state index is 12.3. The van der Waals surface area contributed by atoms with Crippen LogP contribution < -0.4 is 8.31 Å². The van der Waals surface area contributed by atoms with E-state index >= 15 is 0 Å². The summed E-state index contributed by atoms with van der Waals surface area (Å²) in [6.45, 7) is 3.51. The van der Waals surface area contributed by atoms with Crippen molar-refractivity contribution in [2.45, 2.75) is 37.1 Å². The smallest absolute Gasteiger partial charge is 0.370 e. The third-order valence-electron chi connectivity index (χ3n) is 3.48. The van der Waals surface area contributed by atoms with Gasteiger partial charge in [0.25, 0.3) is 0 Å². The molecule has 1 fully saturated rings. The number of hydrogen-bond donors (Lipinski definition) is 1. The van der Waals surface area contributed by atoms with Crippen molar-refractivity contribution in [3.8, 4) is 5.75 Å². The topological polar surface area (TPSA) is 89.5 Å². The number of nitrogens with one attached hydrogen (secondary N) is 1. The lowest BCUT2D eigenvalue weighted by molar-refractivity contribution is -0.0442. The molecule has 1 saturated heterocycles. The average Bonchev–Trinajstić information content (AvgIpc) is 2.87. The maximum absolute atomic E-state index is 12.3. The molecule has 0 bridgehead atoms. The van der Waals surface area contributed by atoms with Gasteiger partial charge in [-0.3, -0.25) is 0 Å². The highest BCUT2D eigenvalue weighted by Crippen LogP contribution is 2.32. The quantitative estimate of drug-likeness (QED) is 0.738. The number of alkyl halides is 3. The van der Waals surface area contributed by atoms with Gasteiger partial charge in [-0.2, -0.15) is 21.6 Å². The van der Waals surface area contributed by atoms with E-state index in [-0.39, 0.29) is 16.6 Å². The van der Waals surface area contributed by atoms with Crippen LogP contribution in [-0.2, 0) is 31.2 Å². The summed E-state index contributed by atoms with van der Waals surface area (Å²) in [5.74, 6) is 1.85. The largest absolute Gasteiger partial charge is 0.512 e. The van der Waals surface area contributed by atoms with Crippen molar-refractivity contribution >= 4 is 31.2 Å².